The summed E-state index contributed by atoms with van der Waals surface area (Å²) in [5.74, 6) is 0.316. The van der Waals surface area contributed by atoms with Crippen LogP contribution in [0, 0.1) is 0 Å². The minimum absolute atomic E-state index is 0.148. The molecule has 0 aliphatic rings. The Labute approximate surface area is 237 Å². The predicted octanol–water partition coefficient (Wildman–Crippen LogP) is 6.79. The van der Waals surface area contributed by atoms with E-state index >= 15 is 0 Å². The van der Waals surface area contributed by atoms with Gasteiger partial charge in [-0.25, -0.2) is 0 Å². The van der Waals surface area contributed by atoms with Gasteiger partial charge in [-0.1, -0.05) is 78.1 Å². The van der Waals surface area contributed by atoms with Gasteiger partial charge in [-0.2, -0.15) is 23.5 Å². The van der Waals surface area contributed by atoms with Crippen molar-refractivity contribution in [1.29, 1.82) is 0 Å². The molecule has 0 bridgehead atoms. The van der Waals surface area contributed by atoms with Gasteiger partial charge >= 0.3 is 69.5 Å². The Morgan fingerprint density at radius 3 is 1.14 bits per heavy atom. The second-order valence-corrected chi connectivity index (χ2v) is 15.3. The van der Waals surface area contributed by atoms with Gasteiger partial charge in [-0.3, -0.25) is 0 Å². The third-order valence-electron chi connectivity index (χ3n) is 5.14. The van der Waals surface area contributed by atoms with Crippen molar-refractivity contribution in [3.63, 3.8) is 0 Å². The van der Waals surface area contributed by atoms with Gasteiger partial charge in [0.25, 0.3) is 0 Å². The average Bonchev–Trinajstić information content (AvgIpc) is 2.83. The third kappa shape index (κ3) is 51.8. The Balaban J connectivity index is -0.000000448. The minimum atomic E-state index is -0.948. The van der Waals surface area contributed by atoms with Crippen molar-refractivity contribution in [2.45, 2.75) is 139 Å². The molecule has 0 radical (unpaired) electrons. The number of hydrogen-bond acceptors (Lipinski definition) is 6. The molecule has 4 nitrogen and oxygen atoms in total. The maximum absolute atomic E-state index is 10.0. The normalized spacial score (nSPS) is 9.94. The number of aliphatic carboxylic acids is 2. The fraction of sp³-hybridized carbons (Fsp3) is 0.929. The molecule has 208 valence electrons. The topological polar surface area (TPSA) is 80.3 Å². The monoisotopic (exact) mass is 640 g/mol. The van der Waals surface area contributed by atoms with E-state index in [9.17, 15) is 19.8 Å². The average molecular weight is 640 g/mol. The number of rotatable bonds is 24. The zero-order chi connectivity index (χ0) is 26.8. The molecular weight excluding hydrogens is 583 g/mol. The van der Waals surface area contributed by atoms with E-state index in [4.69, 9.17) is 0 Å². The van der Waals surface area contributed by atoms with E-state index in [2.05, 4.69) is 27.7 Å². The Bertz CT molecular complexity index is 376. The summed E-state index contributed by atoms with van der Waals surface area (Å²) in [5.41, 5.74) is 0. The number of unbranched alkanes of at least 4 members (excludes halogenated alkanes) is 12. The van der Waals surface area contributed by atoms with E-state index in [0.29, 0.717) is 0 Å². The standard InChI is InChI=1S/2C10H20O2S.2C4H9.Sn/c2*1-2-3-4-5-6-7-8-13-9-10(11)12;2*1-3-4-2;/h2*2-9H2,1H3,(H,11,12);2*1,3-4H2,2H3;/q;;;;+2/p-2. The molecule has 0 N–H and O–H groups in total. The van der Waals surface area contributed by atoms with Gasteiger partial charge in [-0.15, -0.1) is 0 Å². The first-order valence-corrected chi connectivity index (χ1v) is 20.6. The van der Waals surface area contributed by atoms with Gasteiger partial charge in [0.2, 0.25) is 0 Å². The zero-order valence-electron chi connectivity index (χ0n) is 23.5. The number of thioether (sulfide) groups is 2. The summed E-state index contributed by atoms with van der Waals surface area (Å²) >= 11 is 3.08. The number of carboxylic acids is 2. The fourth-order valence-electron chi connectivity index (χ4n) is 3.01. The van der Waals surface area contributed by atoms with E-state index in [1.807, 2.05) is 0 Å². The number of carbonyl (C=O) groups is 2. The Kier molecular flexibility index (Phi) is 44.5. The molecule has 0 atom stereocenters. The Morgan fingerprint density at radius 2 is 0.829 bits per heavy atom. The number of carbonyl (C=O) groups excluding carboxylic acids is 2. The molecule has 0 heterocycles. The second-order valence-electron chi connectivity index (χ2n) is 8.84. The zero-order valence-corrected chi connectivity index (χ0v) is 28.0. The molecule has 0 aromatic rings. The van der Waals surface area contributed by atoms with Crippen molar-refractivity contribution in [2.75, 3.05) is 23.0 Å². The van der Waals surface area contributed by atoms with Crippen LogP contribution in [-0.2, 0) is 9.59 Å². The summed E-state index contributed by atoms with van der Waals surface area (Å²) in [7, 11) is 0. The van der Waals surface area contributed by atoms with Gasteiger partial charge in [0.15, 0.2) is 0 Å². The SMILES string of the molecule is CCCCCCCCSCC(=O)[O-].CCCCCCCCSCC(=O)[O-].CCC[CH2][Sn+2][CH2]CCC. The molecule has 0 spiro atoms. The number of carboxylic acid groups (broad SMARTS) is 2. The van der Waals surface area contributed by atoms with Crippen molar-refractivity contribution >= 4 is 56.6 Å². The van der Waals surface area contributed by atoms with E-state index in [-0.39, 0.29) is 32.6 Å². The molecule has 0 aromatic heterocycles. The molecule has 0 amide bonds. The molecule has 0 aromatic carbocycles. The van der Waals surface area contributed by atoms with Crippen LogP contribution in [0.4, 0.5) is 0 Å². The van der Waals surface area contributed by atoms with E-state index in [1.165, 1.54) is 113 Å². The summed E-state index contributed by atoms with van der Waals surface area (Å²) < 4.78 is 3.25. The van der Waals surface area contributed by atoms with E-state index in [1.54, 1.807) is 8.87 Å². The van der Waals surface area contributed by atoms with Crippen molar-refractivity contribution in [3.8, 4) is 0 Å². The molecule has 7 heteroatoms. The predicted molar refractivity (Wildman–Crippen MR) is 157 cm³/mol. The van der Waals surface area contributed by atoms with Crippen LogP contribution in [-0.4, -0.2) is 56.1 Å². The Morgan fingerprint density at radius 1 is 0.514 bits per heavy atom. The van der Waals surface area contributed by atoms with Crippen LogP contribution in [0.2, 0.25) is 8.87 Å². The molecule has 0 rings (SSSR count). The van der Waals surface area contributed by atoms with Gasteiger partial charge < -0.3 is 19.8 Å². The van der Waals surface area contributed by atoms with Crippen LogP contribution in [0.5, 0.6) is 0 Å². The van der Waals surface area contributed by atoms with Gasteiger partial charge in [0.1, 0.15) is 0 Å². The van der Waals surface area contributed by atoms with E-state index < -0.39 is 11.9 Å². The summed E-state index contributed by atoms with van der Waals surface area (Å²) in [6.07, 6.45) is 21.0. The maximum atomic E-state index is 10.0. The quantitative estimate of drug-likeness (QED) is 0.0856. The Hall–Kier alpha value is 0.439. The van der Waals surface area contributed by atoms with E-state index in [0.717, 1.165) is 24.3 Å². The van der Waals surface area contributed by atoms with Crippen LogP contribution in [0.1, 0.15) is 130 Å². The van der Waals surface area contributed by atoms with Crippen LogP contribution < -0.4 is 10.2 Å². The third-order valence-corrected chi connectivity index (χ3v) is 11.2. The molecule has 0 fully saturated rings. The first kappa shape index (κ1) is 39.9. The van der Waals surface area contributed by atoms with Gasteiger partial charge in [0.05, 0.1) is 11.9 Å². The summed E-state index contributed by atoms with van der Waals surface area (Å²) in [6.45, 7) is 8.99. The molecule has 0 unspecified atom stereocenters. The van der Waals surface area contributed by atoms with Gasteiger partial charge in [0, 0.05) is 11.5 Å². The summed E-state index contributed by atoms with van der Waals surface area (Å²) in [6, 6.07) is 0. The second kappa shape index (κ2) is 39.0. The molecule has 0 saturated carbocycles. The first-order valence-electron chi connectivity index (χ1n) is 14.2. The van der Waals surface area contributed by atoms with Crippen molar-refractivity contribution in [1.82, 2.24) is 0 Å². The van der Waals surface area contributed by atoms with Crippen molar-refractivity contribution < 1.29 is 19.8 Å². The summed E-state index contributed by atoms with van der Waals surface area (Å²) in [4.78, 5) is 20.1. The number of hydrogen-bond donors (Lipinski definition) is 0. The molecule has 0 aliphatic carbocycles. The van der Waals surface area contributed by atoms with Crippen LogP contribution in [0.15, 0.2) is 0 Å². The molecule has 0 saturated heterocycles. The molecule has 0 aliphatic heterocycles. The van der Waals surface area contributed by atoms with Gasteiger partial charge in [-0.05, 0) is 24.3 Å². The molecule has 35 heavy (non-hydrogen) atoms. The van der Waals surface area contributed by atoms with Crippen LogP contribution in [0.25, 0.3) is 0 Å². The van der Waals surface area contributed by atoms with Crippen molar-refractivity contribution in [3.05, 3.63) is 0 Å². The molecular formula is C28H56O4S2Sn. The first-order chi connectivity index (χ1) is 17.0. The van der Waals surface area contributed by atoms with Crippen LogP contribution in [0.3, 0.4) is 0 Å². The fourth-order valence-corrected chi connectivity index (χ4v) is 8.61. The summed E-state index contributed by atoms with van der Waals surface area (Å²) in [5, 5.41) is 20.1. The van der Waals surface area contributed by atoms with Crippen LogP contribution >= 0.6 is 23.5 Å². The van der Waals surface area contributed by atoms with Crippen molar-refractivity contribution in [2.24, 2.45) is 0 Å².